The maximum atomic E-state index is 12.7. The fraction of sp³-hybridized carbons (Fsp3) is 0.522. The van der Waals surface area contributed by atoms with Crippen LogP contribution in [0.5, 0.6) is 0 Å². The number of nitrogens with zero attached hydrogens (tertiary/aromatic N) is 1. The molecule has 1 amide bonds. The zero-order chi connectivity index (χ0) is 19.0. The molecule has 2 saturated heterocycles. The van der Waals surface area contributed by atoms with E-state index in [9.17, 15) is 4.79 Å². The van der Waals surface area contributed by atoms with Gasteiger partial charge in [-0.05, 0) is 60.2 Å². The quantitative estimate of drug-likeness (QED) is 0.809. The number of rotatable bonds is 4. The van der Waals surface area contributed by atoms with E-state index in [4.69, 9.17) is 0 Å². The summed E-state index contributed by atoms with van der Waals surface area (Å²) in [5, 5.41) is 5.47. The van der Waals surface area contributed by atoms with E-state index in [0.717, 1.165) is 24.9 Å². The van der Waals surface area contributed by atoms with Crippen molar-refractivity contribution in [1.82, 2.24) is 10.2 Å². The molecule has 4 heteroatoms. The fourth-order valence-corrected chi connectivity index (χ4v) is 5.34. The Kier molecular flexibility index (Phi) is 5.13. The summed E-state index contributed by atoms with van der Waals surface area (Å²) >= 11 is 1.85. The summed E-state index contributed by atoms with van der Waals surface area (Å²) in [4.78, 5) is 16.8. The molecule has 0 spiro atoms. The Morgan fingerprint density at radius 3 is 2.33 bits per heavy atom. The van der Waals surface area contributed by atoms with Gasteiger partial charge in [0.25, 0.3) is 5.91 Å². The van der Waals surface area contributed by atoms with Crippen molar-refractivity contribution in [2.75, 3.05) is 0 Å². The summed E-state index contributed by atoms with van der Waals surface area (Å²) in [6.45, 7) is 7.66. The molecule has 3 nitrogen and oxygen atoms in total. The lowest BCUT2D eigenvalue weighted by Gasteiger charge is -2.39. The molecule has 1 N–H and O–H groups in total. The third-order valence-corrected chi connectivity index (χ3v) is 7.01. The number of hydrogen-bond acceptors (Lipinski definition) is 3. The van der Waals surface area contributed by atoms with Crippen LogP contribution in [0.4, 0.5) is 0 Å². The molecular formula is C23H30N2OS. The third kappa shape index (κ3) is 4.12. The van der Waals surface area contributed by atoms with Crippen LogP contribution in [0.3, 0.4) is 0 Å². The molecule has 4 rings (SSSR count). The third-order valence-electron chi connectivity index (χ3n) is 6.15. The maximum absolute atomic E-state index is 12.7. The second kappa shape index (κ2) is 7.40. The van der Waals surface area contributed by atoms with Gasteiger partial charge in [0.15, 0.2) is 0 Å². The van der Waals surface area contributed by atoms with E-state index in [1.54, 1.807) is 0 Å². The minimum atomic E-state index is 0.0755. The van der Waals surface area contributed by atoms with Crippen molar-refractivity contribution < 1.29 is 4.79 Å². The van der Waals surface area contributed by atoms with E-state index in [1.165, 1.54) is 23.3 Å². The van der Waals surface area contributed by atoms with Crippen LogP contribution in [0.2, 0.25) is 0 Å². The molecule has 3 heterocycles. The van der Waals surface area contributed by atoms with Crippen molar-refractivity contribution in [2.45, 2.75) is 76.5 Å². The normalized spacial score (nSPS) is 25.5. The molecule has 2 aliphatic rings. The highest BCUT2D eigenvalue weighted by molar-refractivity contribution is 7.09. The highest BCUT2D eigenvalue weighted by atomic mass is 32.1. The molecule has 144 valence electrons. The number of carbonyl (C=O) groups is 1. The molecule has 2 fully saturated rings. The lowest BCUT2D eigenvalue weighted by atomic mass is 9.86. The average molecular weight is 383 g/mol. The van der Waals surface area contributed by atoms with Gasteiger partial charge >= 0.3 is 0 Å². The molecule has 1 aromatic carbocycles. The van der Waals surface area contributed by atoms with Gasteiger partial charge in [-0.15, -0.1) is 11.3 Å². The summed E-state index contributed by atoms with van der Waals surface area (Å²) in [7, 11) is 0. The van der Waals surface area contributed by atoms with Crippen molar-refractivity contribution in [3.63, 3.8) is 0 Å². The molecule has 0 radical (unpaired) electrons. The number of thiophene rings is 1. The summed E-state index contributed by atoms with van der Waals surface area (Å²) < 4.78 is 0. The van der Waals surface area contributed by atoms with Crippen LogP contribution in [0.15, 0.2) is 41.8 Å². The lowest BCUT2D eigenvalue weighted by Crippen LogP contribution is -2.49. The van der Waals surface area contributed by atoms with Crippen LogP contribution in [-0.2, 0) is 12.0 Å². The van der Waals surface area contributed by atoms with Crippen LogP contribution >= 0.6 is 11.3 Å². The highest BCUT2D eigenvalue weighted by Gasteiger charge is 2.41. The molecular weight excluding hydrogens is 352 g/mol. The second-order valence-corrected chi connectivity index (χ2v) is 10.1. The molecule has 2 atom stereocenters. The maximum Gasteiger partial charge on any atom is 0.251 e. The lowest BCUT2D eigenvalue weighted by molar-refractivity contribution is 0.0830. The Hall–Kier alpha value is -1.65. The highest BCUT2D eigenvalue weighted by Crippen LogP contribution is 2.37. The Morgan fingerprint density at radius 1 is 1.11 bits per heavy atom. The van der Waals surface area contributed by atoms with Crippen molar-refractivity contribution >= 4 is 17.2 Å². The Bertz CT molecular complexity index is 762. The standard InChI is InChI=1S/C23H30N2OS/c1-23(2,3)17-8-6-16(7-9-17)22(26)24-18-13-19-10-11-20(14-18)25(19)15-21-5-4-12-27-21/h4-9,12,18-20H,10-11,13-15H2,1-3H3,(H,24,26). The van der Waals surface area contributed by atoms with Gasteiger partial charge in [-0.3, -0.25) is 9.69 Å². The minimum absolute atomic E-state index is 0.0755. The van der Waals surface area contributed by atoms with E-state index in [-0.39, 0.29) is 11.3 Å². The molecule has 1 aromatic heterocycles. The molecule has 0 saturated carbocycles. The van der Waals surface area contributed by atoms with Gasteiger partial charge < -0.3 is 5.32 Å². The fourth-order valence-electron chi connectivity index (χ4n) is 4.62. The molecule has 0 aliphatic carbocycles. The van der Waals surface area contributed by atoms with E-state index < -0.39 is 0 Å². The summed E-state index contributed by atoms with van der Waals surface area (Å²) in [5.41, 5.74) is 2.15. The van der Waals surface area contributed by atoms with Gasteiger partial charge in [0.2, 0.25) is 0 Å². The van der Waals surface area contributed by atoms with Crippen molar-refractivity contribution in [3.05, 3.63) is 57.8 Å². The number of carbonyl (C=O) groups excluding carboxylic acids is 1. The van der Waals surface area contributed by atoms with E-state index >= 15 is 0 Å². The zero-order valence-corrected chi connectivity index (χ0v) is 17.4. The monoisotopic (exact) mass is 382 g/mol. The van der Waals surface area contributed by atoms with Gasteiger partial charge in [-0.1, -0.05) is 39.0 Å². The number of piperidine rings is 1. The van der Waals surface area contributed by atoms with Crippen LogP contribution in [0.25, 0.3) is 0 Å². The number of fused-ring (bicyclic) bond motifs is 2. The molecule has 2 aliphatic heterocycles. The van der Waals surface area contributed by atoms with Gasteiger partial charge in [-0.25, -0.2) is 0 Å². The van der Waals surface area contributed by atoms with Gasteiger partial charge in [0.05, 0.1) is 0 Å². The first-order chi connectivity index (χ1) is 12.9. The second-order valence-electron chi connectivity index (χ2n) is 9.11. The average Bonchev–Trinajstić information content (AvgIpc) is 3.21. The SMILES string of the molecule is CC(C)(C)c1ccc(C(=O)NC2CC3CCC(C2)N3Cc2cccs2)cc1. The van der Waals surface area contributed by atoms with E-state index in [0.29, 0.717) is 18.1 Å². The first-order valence-corrected chi connectivity index (χ1v) is 11.0. The minimum Gasteiger partial charge on any atom is -0.349 e. The number of amides is 1. The van der Waals surface area contributed by atoms with Crippen LogP contribution in [0, 0.1) is 0 Å². The van der Waals surface area contributed by atoms with Crippen LogP contribution in [-0.4, -0.2) is 28.9 Å². The Morgan fingerprint density at radius 2 is 1.78 bits per heavy atom. The predicted molar refractivity (Wildman–Crippen MR) is 112 cm³/mol. The zero-order valence-electron chi connectivity index (χ0n) is 16.6. The topological polar surface area (TPSA) is 32.3 Å². The number of hydrogen-bond donors (Lipinski definition) is 1. The van der Waals surface area contributed by atoms with E-state index in [2.05, 4.69) is 60.6 Å². The number of benzene rings is 1. The van der Waals surface area contributed by atoms with Crippen LogP contribution in [0.1, 0.15) is 67.3 Å². The first kappa shape index (κ1) is 18.7. The Balaban J connectivity index is 1.36. The predicted octanol–water partition coefficient (Wildman–Crippen LogP) is 4.97. The van der Waals surface area contributed by atoms with Crippen LogP contribution < -0.4 is 5.32 Å². The smallest absolute Gasteiger partial charge is 0.251 e. The molecule has 2 bridgehead atoms. The summed E-state index contributed by atoms with van der Waals surface area (Å²) in [6, 6.07) is 14.0. The molecule has 2 aromatic rings. The Labute approximate surface area is 166 Å². The van der Waals surface area contributed by atoms with Crippen molar-refractivity contribution in [3.8, 4) is 0 Å². The molecule has 27 heavy (non-hydrogen) atoms. The van der Waals surface area contributed by atoms with E-state index in [1.807, 2.05) is 23.5 Å². The van der Waals surface area contributed by atoms with Crippen molar-refractivity contribution in [2.24, 2.45) is 0 Å². The number of nitrogens with one attached hydrogen (secondary N) is 1. The molecule has 2 unspecified atom stereocenters. The summed E-state index contributed by atoms with van der Waals surface area (Å²) in [6.07, 6.45) is 4.69. The largest absolute Gasteiger partial charge is 0.349 e. The van der Waals surface area contributed by atoms with Gasteiger partial charge in [0, 0.05) is 35.1 Å². The van der Waals surface area contributed by atoms with Gasteiger partial charge in [0.1, 0.15) is 0 Å². The van der Waals surface area contributed by atoms with Crippen molar-refractivity contribution in [1.29, 1.82) is 0 Å². The first-order valence-electron chi connectivity index (χ1n) is 10.1. The van der Waals surface area contributed by atoms with Gasteiger partial charge in [-0.2, -0.15) is 0 Å². The summed E-state index contributed by atoms with van der Waals surface area (Å²) in [5.74, 6) is 0.0755.